The predicted octanol–water partition coefficient (Wildman–Crippen LogP) is -0.183. The summed E-state index contributed by atoms with van der Waals surface area (Å²) in [7, 11) is 2.09. The van der Waals surface area contributed by atoms with Gasteiger partial charge in [0.1, 0.15) is 18.8 Å². The summed E-state index contributed by atoms with van der Waals surface area (Å²) in [6.07, 6.45) is 1.13. The van der Waals surface area contributed by atoms with E-state index in [4.69, 9.17) is 4.74 Å². The van der Waals surface area contributed by atoms with Crippen molar-refractivity contribution in [3.05, 3.63) is 11.6 Å². The summed E-state index contributed by atoms with van der Waals surface area (Å²) in [5.41, 5.74) is -1.01. The molecule has 3 N–H and O–H groups in total. The number of fused-ring (bicyclic) bond motifs is 1. The fraction of sp³-hybridized carbons (Fsp3) is 0.812. The van der Waals surface area contributed by atoms with Crippen LogP contribution in [0.15, 0.2) is 11.6 Å². The molecule has 0 spiro atoms. The van der Waals surface area contributed by atoms with Gasteiger partial charge in [0.25, 0.3) is 0 Å². The minimum atomic E-state index is -1.91. The molecule has 126 valence electrons. The van der Waals surface area contributed by atoms with Crippen LogP contribution in [-0.2, 0) is 9.53 Å². The molecule has 1 saturated heterocycles. The Labute approximate surface area is 131 Å². The molecular weight excluding hydrogens is 286 g/mol. The predicted molar refractivity (Wildman–Crippen MR) is 80.8 cm³/mol. The summed E-state index contributed by atoms with van der Waals surface area (Å²) in [5, 5.41) is 30.3. The normalized spacial score (nSPS) is 35.0. The largest absolute Gasteiger partial charge is 0.459 e. The van der Waals surface area contributed by atoms with E-state index >= 15 is 0 Å². The second-order valence-electron chi connectivity index (χ2n) is 7.20. The number of likely N-dealkylation sites (N-methyl/N-ethyl adjacent to an activating group) is 1. The molecule has 0 aromatic carbocycles. The molecule has 2 rings (SSSR count). The van der Waals surface area contributed by atoms with Crippen LogP contribution >= 0.6 is 0 Å². The molecule has 0 aliphatic carbocycles. The first kappa shape index (κ1) is 17.4. The van der Waals surface area contributed by atoms with E-state index < -0.39 is 29.7 Å². The minimum Gasteiger partial charge on any atom is -0.459 e. The molecular formula is C16H28NO5+. The monoisotopic (exact) mass is 314 g/mol. The van der Waals surface area contributed by atoms with Crippen LogP contribution < -0.4 is 0 Å². The van der Waals surface area contributed by atoms with E-state index in [1.165, 1.54) is 6.92 Å². The average molecular weight is 314 g/mol. The molecule has 2 aliphatic heterocycles. The smallest absolute Gasteiger partial charge is 0.341 e. The first-order chi connectivity index (χ1) is 10.1. The van der Waals surface area contributed by atoms with Crippen molar-refractivity contribution in [2.24, 2.45) is 5.92 Å². The number of aliphatic hydroxyl groups is 3. The summed E-state index contributed by atoms with van der Waals surface area (Å²) in [6.45, 7) is 6.48. The molecule has 0 radical (unpaired) electrons. The van der Waals surface area contributed by atoms with Crippen molar-refractivity contribution in [2.75, 3.05) is 26.7 Å². The Morgan fingerprint density at radius 3 is 2.68 bits per heavy atom. The van der Waals surface area contributed by atoms with Gasteiger partial charge in [0.05, 0.1) is 26.2 Å². The Hall–Kier alpha value is -0.950. The maximum Gasteiger partial charge on any atom is 0.341 e. The highest BCUT2D eigenvalue weighted by Gasteiger charge is 2.51. The lowest BCUT2D eigenvalue weighted by Gasteiger charge is -2.33. The van der Waals surface area contributed by atoms with Gasteiger partial charge in [-0.15, -0.1) is 0 Å². The topological polar surface area (TPSA) is 87.0 Å². The third-order valence-corrected chi connectivity index (χ3v) is 5.34. The van der Waals surface area contributed by atoms with Crippen LogP contribution in [0.2, 0.25) is 0 Å². The Kier molecular flexibility index (Phi) is 4.69. The number of aliphatic hydroxyl groups excluding tert-OH is 2. The van der Waals surface area contributed by atoms with Crippen LogP contribution in [0.5, 0.6) is 0 Å². The Morgan fingerprint density at radius 2 is 2.14 bits per heavy atom. The lowest BCUT2D eigenvalue weighted by molar-refractivity contribution is -0.906. The number of nitrogens with zero attached hydrogens (tertiary/aromatic N) is 1. The van der Waals surface area contributed by atoms with Gasteiger partial charge in [-0.2, -0.15) is 0 Å². The SMILES string of the molecule is CC(C)[C@@](O)(C(=O)OCC1=CC[N+]2(C)CC[C@@H](O)[C@H]12)[C@H](C)O. The molecule has 5 atom stereocenters. The summed E-state index contributed by atoms with van der Waals surface area (Å²) >= 11 is 0. The van der Waals surface area contributed by atoms with E-state index in [1.54, 1.807) is 13.8 Å². The van der Waals surface area contributed by atoms with E-state index in [-0.39, 0.29) is 12.6 Å². The summed E-state index contributed by atoms with van der Waals surface area (Å²) < 4.78 is 6.03. The maximum absolute atomic E-state index is 12.2. The molecule has 1 unspecified atom stereocenters. The highest BCUT2D eigenvalue weighted by atomic mass is 16.6. The average Bonchev–Trinajstić information content (AvgIpc) is 2.92. The van der Waals surface area contributed by atoms with Crippen molar-refractivity contribution in [1.82, 2.24) is 0 Å². The minimum absolute atomic E-state index is 0.0357. The number of hydrogen-bond acceptors (Lipinski definition) is 5. The molecule has 6 nitrogen and oxygen atoms in total. The van der Waals surface area contributed by atoms with Crippen molar-refractivity contribution in [3.8, 4) is 0 Å². The second kappa shape index (κ2) is 5.92. The van der Waals surface area contributed by atoms with Crippen molar-refractivity contribution >= 4 is 5.97 Å². The molecule has 0 aromatic heterocycles. The lowest BCUT2D eigenvalue weighted by Crippen LogP contribution is -2.54. The molecule has 0 saturated carbocycles. The van der Waals surface area contributed by atoms with Crippen LogP contribution in [0.3, 0.4) is 0 Å². The zero-order valence-electron chi connectivity index (χ0n) is 13.8. The van der Waals surface area contributed by atoms with Crippen molar-refractivity contribution in [2.45, 2.75) is 51.0 Å². The van der Waals surface area contributed by atoms with Crippen LogP contribution in [0, 0.1) is 5.92 Å². The number of rotatable bonds is 5. The van der Waals surface area contributed by atoms with Gasteiger partial charge >= 0.3 is 5.97 Å². The van der Waals surface area contributed by atoms with E-state index in [0.29, 0.717) is 0 Å². The first-order valence-electron chi connectivity index (χ1n) is 7.91. The van der Waals surface area contributed by atoms with Gasteiger partial charge in [-0.05, 0) is 18.9 Å². The van der Waals surface area contributed by atoms with Crippen LogP contribution in [-0.4, -0.2) is 76.4 Å². The third kappa shape index (κ3) is 2.69. The summed E-state index contributed by atoms with van der Waals surface area (Å²) in [5.74, 6) is -1.28. The molecule has 2 heterocycles. The summed E-state index contributed by atoms with van der Waals surface area (Å²) in [4.78, 5) is 12.2. The molecule has 22 heavy (non-hydrogen) atoms. The first-order valence-corrected chi connectivity index (χ1v) is 7.91. The number of carbonyl (C=O) groups is 1. The van der Waals surface area contributed by atoms with Crippen LogP contribution in [0.1, 0.15) is 27.2 Å². The fourth-order valence-electron chi connectivity index (χ4n) is 3.74. The van der Waals surface area contributed by atoms with Gasteiger partial charge in [0, 0.05) is 12.0 Å². The van der Waals surface area contributed by atoms with Crippen LogP contribution in [0.4, 0.5) is 0 Å². The Morgan fingerprint density at radius 1 is 1.50 bits per heavy atom. The van der Waals surface area contributed by atoms with Crippen molar-refractivity contribution < 1.29 is 29.3 Å². The van der Waals surface area contributed by atoms with Crippen molar-refractivity contribution in [1.29, 1.82) is 0 Å². The molecule has 2 aliphatic rings. The lowest BCUT2D eigenvalue weighted by atomic mass is 9.85. The highest BCUT2D eigenvalue weighted by Crippen LogP contribution is 2.35. The number of esters is 1. The van der Waals surface area contributed by atoms with E-state index in [1.807, 2.05) is 6.08 Å². The van der Waals surface area contributed by atoms with E-state index in [0.717, 1.165) is 29.6 Å². The van der Waals surface area contributed by atoms with Gasteiger partial charge in [-0.1, -0.05) is 13.8 Å². The molecule has 1 fully saturated rings. The van der Waals surface area contributed by atoms with E-state index in [9.17, 15) is 20.1 Å². The van der Waals surface area contributed by atoms with Crippen molar-refractivity contribution in [3.63, 3.8) is 0 Å². The standard InChI is InChI=1S/C16H28NO5/c1-10(2)16(21,11(3)18)15(20)22-9-12-5-7-17(4)8-6-13(19)14(12)17/h5,10-11,13-14,18-19,21H,6-9H2,1-4H3/q+1/t11-,13+,14-,16-,17?/m0/s1. The molecule has 0 amide bonds. The zero-order chi connectivity index (χ0) is 16.7. The maximum atomic E-state index is 12.2. The summed E-state index contributed by atoms with van der Waals surface area (Å²) in [6, 6.07) is -0.0357. The van der Waals surface area contributed by atoms with Gasteiger partial charge in [-0.25, -0.2) is 4.79 Å². The Balaban J connectivity index is 2.03. The molecule has 0 bridgehead atoms. The number of carbonyl (C=O) groups excluding carboxylic acids is 1. The number of ether oxygens (including phenoxy) is 1. The molecule has 6 heteroatoms. The third-order valence-electron chi connectivity index (χ3n) is 5.34. The molecule has 0 aromatic rings. The van der Waals surface area contributed by atoms with Crippen LogP contribution in [0.25, 0.3) is 0 Å². The fourth-order valence-corrected chi connectivity index (χ4v) is 3.74. The zero-order valence-corrected chi connectivity index (χ0v) is 13.8. The number of hydrogen-bond donors (Lipinski definition) is 3. The highest BCUT2D eigenvalue weighted by molar-refractivity contribution is 5.80. The quantitative estimate of drug-likeness (QED) is 0.372. The van der Waals surface area contributed by atoms with Gasteiger partial charge in [0.2, 0.25) is 0 Å². The number of quaternary nitrogens is 1. The Bertz CT molecular complexity index is 465. The van der Waals surface area contributed by atoms with Gasteiger partial charge in [0.15, 0.2) is 5.60 Å². The van der Waals surface area contributed by atoms with Gasteiger partial charge < -0.3 is 24.5 Å². The second-order valence-corrected chi connectivity index (χ2v) is 7.20. The van der Waals surface area contributed by atoms with Gasteiger partial charge in [-0.3, -0.25) is 0 Å². The van der Waals surface area contributed by atoms with E-state index in [2.05, 4.69) is 7.05 Å².